The summed E-state index contributed by atoms with van der Waals surface area (Å²) in [5.74, 6) is 0.913. The molecule has 0 unspecified atom stereocenters. The van der Waals surface area contributed by atoms with Crippen LogP contribution in [-0.4, -0.2) is 16.5 Å². The van der Waals surface area contributed by atoms with E-state index in [0.29, 0.717) is 0 Å². The number of rotatable bonds is 2. The summed E-state index contributed by atoms with van der Waals surface area (Å²) in [4.78, 5) is 9.02. The van der Waals surface area contributed by atoms with Gasteiger partial charge in [-0.15, -0.1) is 0 Å². The Hall–Kier alpha value is -0.960. The van der Waals surface area contributed by atoms with Crippen molar-refractivity contribution in [2.75, 3.05) is 6.54 Å². The van der Waals surface area contributed by atoms with Crippen LogP contribution < -0.4 is 5.32 Å². The first-order valence-electron chi connectivity index (χ1n) is 5.37. The van der Waals surface area contributed by atoms with E-state index in [1.165, 1.54) is 17.0 Å². The van der Waals surface area contributed by atoms with Crippen molar-refractivity contribution in [2.24, 2.45) is 0 Å². The van der Waals surface area contributed by atoms with Gasteiger partial charge in [-0.25, -0.2) is 9.97 Å². The third-order valence-electron chi connectivity index (χ3n) is 2.62. The maximum Gasteiger partial charge on any atom is 0.125 e. The average molecular weight is 191 g/mol. The highest BCUT2D eigenvalue weighted by Gasteiger charge is 2.15. The van der Waals surface area contributed by atoms with Crippen LogP contribution in [0, 0.1) is 6.92 Å². The Bertz CT molecular complexity index is 334. The molecule has 0 bridgehead atoms. The van der Waals surface area contributed by atoms with Crippen LogP contribution >= 0.6 is 0 Å². The monoisotopic (exact) mass is 191 g/mol. The Morgan fingerprint density at radius 3 is 3.00 bits per heavy atom. The molecule has 1 aromatic heterocycles. The summed E-state index contributed by atoms with van der Waals surface area (Å²) in [6, 6.07) is 0. The predicted molar refractivity (Wildman–Crippen MR) is 56.2 cm³/mol. The van der Waals surface area contributed by atoms with Crippen molar-refractivity contribution in [1.29, 1.82) is 0 Å². The molecule has 0 saturated carbocycles. The second-order valence-electron chi connectivity index (χ2n) is 3.82. The fourth-order valence-electron chi connectivity index (χ4n) is 2.02. The van der Waals surface area contributed by atoms with Crippen LogP contribution in [0.5, 0.6) is 0 Å². The quantitative estimate of drug-likeness (QED) is 0.767. The molecule has 0 amide bonds. The molecular formula is C11H17N3. The van der Waals surface area contributed by atoms with E-state index in [1.54, 1.807) is 0 Å². The van der Waals surface area contributed by atoms with Crippen LogP contribution in [0.4, 0.5) is 0 Å². The summed E-state index contributed by atoms with van der Waals surface area (Å²) in [6.45, 7) is 6.16. The van der Waals surface area contributed by atoms with Crippen LogP contribution in [0.2, 0.25) is 0 Å². The molecule has 0 aliphatic carbocycles. The summed E-state index contributed by atoms with van der Waals surface area (Å²) < 4.78 is 0. The largest absolute Gasteiger partial charge is 0.311 e. The van der Waals surface area contributed by atoms with E-state index >= 15 is 0 Å². The molecule has 76 valence electrons. The molecule has 0 radical (unpaired) electrons. The molecule has 0 fully saturated rings. The third-order valence-corrected chi connectivity index (χ3v) is 2.62. The lowest BCUT2D eigenvalue weighted by atomic mass is 10.0. The van der Waals surface area contributed by atoms with Gasteiger partial charge in [-0.2, -0.15) is 0 Å². The zero-order valence-electron chi connectivity index (χ0n) is 8.93. The number of nitrogens with zero attached hydrogens (tertiary/aromatic N) is 2. The normalized spacial score (nSPS) is 15.3. The van der Waals surface area contributed by atoms with Crippen LogP contribution in [0.15, 0.2) is 0 Å². The van der Waals surface area contributed by atoms with Crippen LogP contribution in [0.25, 0.3) is 0 Å². The van der Waals surface area contributed by atoms with Gasteiger partial charge < -0.3 is 5.32 Å². The van der Waals surface area contributed by atoms with Gasteiger partial charge in [0.15, 0.2) is 0 Å². The lowest BCUT2D eigenvalue weighted by Gasteiger charge is -2.19. The number of aromatic nitrogens is 2. The number of fused-ring (bicyclic) bond motifs is 1. The molecule has 2 rings (SSSR count). The van der Waals surface area contributed by atoms with E-state index < -0.39 is 0 Å². The molecule has 3 nitrogen and oxygen atoms in total. The number of aryl methyl sites for hydroxylation is 2. The zero-order chi connectivity index (χ0) is 9.97. The van der Waals surface area contributed by atoms with Crippen molar-refractivity contribution in [3.05, 3.63) is 22.8 Å². The maximum atomic E-state index is 4.54. The van der Waals surface area contributed by atoms with Gasteiger partial charge in [0.2, 0.25) is 0 Å². The SMILES string of the molecule is CCCc1nc(C)nc2c1CCNC2. The standard InChI is InChI=1S/C11H17N3/c1-3-4-10-9-5-6-12-7-11(9)14-8(2)13-10/h12H,3-7H2,1-2H3. The summed E-state index contributed by atoms with van der Waals surface area (Å²) in [5.41, 5.74) is 3.89. The summed E-state index contributed by atoms with van der Waals surface area (Å²) in [7, 11) is 0. The van der Waals surface area contributed by atoms with Crippen LogP contribution in [-0.2, 0) is 19.4 Å². The molecule has 14 heavy (non-hydrogen) atoms. The predicted octanol–water partition coefficient (Wildman–Crippen LogP) is 1.38. The van der Waals surface area contributed by atoms with Crippen molar-refractivity contribution < 1.29 is 0 Å². The summed E-state index contributed by atoms with van der Waals surface area (Å²) >= 11 is 0. The highest BCUT2D eigenvalue weighted by atomic mass is 15.0. The van der Waals surface area contributed by atoms with Crippen molar-refractivity contribution >= 4 is 0 Å². The Morgan fingerprint density at radius 1 is 1.36 bits per heavy atom. The molecule has 1 aliphatic heterocycles. The van der Waals surface area contributed by atoms with E-state index in [4.69, 9.17) is 0 Å². The van der Waals surface area contributed by atoms with Gasteiger partial charge in [0.25, 0.3) is 0 Å². The lowest BCUT2D eigenvalue weighted by molar-refractivity contribution is 0.609. The molecule has 1 N–H and O–H groups in total. The highest BCUT2D eigenvalue weighted by Crippen LogP contribution is 2.16. The van der Waals surface area contributed by atoms with Crippen molar-refractivity contribution in [3.63, 3.8) is 0 Å². The number of nitrogens with one attached hydrogen (secondary N) is 1. The Morgan fingerprint density at radius 2 is 2.21 bits per heavy atom. The topological polar surface area (TPSA) is 37.8 Å². The molecule has 0 aromatic carbocycles. The molecule has 1 aromatic rings. The molecule has 0 saturated heterocycles. The van der Waals surface area contributed by atoms with Gasteiger partial charge in [0, 0.05) is 12.2 Å². The molecular weight excluding hydrogens is 174 g/mol. The second kappa shape index (κ2) is 4.05. The van der Waals surface area contributed by atoms with Crippen molar-refractivity contribution in [3.8, 4) is 0 Å². The van der Waals surface area contributed by atoms with E-state index in [1.807, 2.05) is 6.92 Å². The van der Waals surface area contributed by atoms with E-state index in [2.05, 4.69) is 22.2 Å². The molecule has 0 atom stereocenters. The van der Waals surface area contributed by atoms with Crippen molar-refractivity contribution in [2.45, 2.75) is 39.7 Å². The van der Waals surface area contributed by atoms with E-state index in [-0.39, 0.29) is 0 Å². The smallest absolute Gasteiger partial charge is 0.125 e. The number of hydrogen-bond donors (Lipinski definition) is 1. The molecule has 1 aliphatic rings. The van der Waals surface area contributed by atoms with Gasteiger partial charge in [-0.1, -0.05) is 13.3 Å². The Balaban J connectivity index is 2.41. The third kappa shape index (κ3) is 1.77. The maximum absolute atomic E-state index is 4.54. The summed E-state index contributed by atoms with van der Waals surface area (Å²) in [6.07, 6.45) is 3.34. The highest BCUT2D eigenvalue weighted by molar-refractivity contribution is 5.28. The minimum atomic E-state index is 0.912. The fraction of sp³-hybridized carbons (Fsp3) is 0.636. The first-order chi connectivity index (χ1) is 6.81. The fourth-order valence-corrected chi connectivity index (χ4v) is 2.02. The van der Waals surface area contributed by atoms with Crippen LogP contribution in [0.1, 0.15) is 36.1 Å². The number of hydrogen-bond acceptors (Lipinski definition) is 3. The minimum absolute atomic E-state index is 0.912. The first kappa shape index (κ1) is 9.59. The lowest BCUT2D eigenvalue weighted by Crippen LogP contribution is -2.26. The van der Waals surface area contributed by atoms with E-state index in [0.717, 1.165) is 38.2 Å². The van der Waals surface area contributed by atoms with Gasteiger partial charge >= 0.3 is 0 Å². The van der Waals surface area contributed by atoms with E-state index in [9.17, 15) is 0 Å². The molecule has 2 heterocycles. The average Bonchev–Trinajstić information content (AvgIpc) is 2.18. The molecule has 0 spiro atoms. The van der Waals surface area contributed by atoms with Gasteiger partial charge in [0.05, 0.1) is 5.69 Å². The zero-order valence-corrected chi connectivity index (χ0v) is 8.93. The first-order valence-corrected chi connectivity index (χ1v) is 5.37. The molecule has 3 heteroatoms. The van der Waals surface area contributed by atoms with Gasteiger partial charge in [-0.3, -0.25) is 0 Å². The van der Waals surface area contributed by atoms with Gasteiger partial charge in [0.1, 0.15) is 5.82 Å². The summed E-state index contributed by atoms with van der Waals surface area (Å²) in [5, 5.41) is 3.35. The second-order valence-corrected chi connectivity index (χ2v) is 3.82. The minimum Gasteiger partial charge on any atom is -0.311 e. The van der Waals surface area contributed by atoms with Crippen LogP contribution in [0.3, 0.4) is 0 Å². The Kier molecular flexibility index (Phi) is 2.77. The Labute approximate surface area is 85.0 Å². The van der Waals surface area contributed by atoms with Crippen molar-refractivity contribution in [1.82, 2.24) is 15.3 Å². The van der Waals surface area contributed by atoms with Gasteiger partial charge in [-0.05, 0) is 31.9 Å².